The van der Waals surface area contributed by atoms with Crippen LogP contribution < -0.4 is 4.74 Å². The maximum absolute atomic E-state index is 13.6. The molecule has 120 valence electrons. The first-order chi connectivity index (χ1) is 11.1. The van der Waals surface area contributed by atoms with E-state index >= 15 is 0 Å². The van der Waals surface area contributed by atoms with Crippen molar-refractivity contribution in [3.05, 3.63) is 59.9 Å². The average molecular weight is 318 g/mol. The Hall–Kier alpha value is -2.50. The van der Waals surface area contributed by atoms with Gasteiger partial charge in [-0.1, -0.05) is 6.07 Å². The number of halogens is 2. The molecule has 0 saturated carbocycles. The summed E-state index contributed by atoms with van der Waals surface area (Å²) in [5, 5.41) is 0. The number of carbonyl (C=O) groups excluding carboxylic acids is 1. The number of likely N-dealkylation sites (tertiary alicyclic amines) is 1. The second-order valence-electron chi connectivity index (χ2n) is 5.46. The zero-order valence-electron chi connectivity index (χ0n) is 12.4. The first-order valence-corrected chi connectivity index (χ1v) is 7.40. The molecule has 1 aromatic carbocycles. The molecule has 1 atom stereocenters. The van der Waals surface area contributed by atoms with Gasteiger partial charge in [-0.2, -0.15) is 0 Å². The summed E-state index contributed by atoms with van der Waals surface area (Å²) >= 11 is 0. The van der Waals surface area contributed by atoms with Crippen LogP contribution in [0.2, 0.25) is 0 Å². The molecule has 0 spiro atoms. The Bertz CT molecular complexity index is 694. The average Bonchev–Trinajstić information content (AvgIpc) is 3.00. The molecule has 1 amide bonds. The highest BCUT2D eigenvalue weighted by atomic mass is 19.1. The number of nitrogens with zero attached hydrogens (tertiary/aromatic N) is 2. The molecule has 0 N–H and O–H groups in total. The summed E-state index contributed by atoms with van der Waals surface area (Å²) in [7, 11) is 0. The lowest BCUT2D eigenvalue weighted by atomic mass is 10.1. The van der Waals surface area contributed by atoms with Gasteiger partial charge in [0.2, 0.25) is 5.91 Å². The maximum Gasteiger partial charge on any atom is 0.227 e. The Morgan fingerprint density at radius 1 is 1.26 bits per heavy atom. The SMILES string of the molecule is O=C(Cc1ccc(F)cc1F)N1CC[C@H](Oc2ccncc2)C1. The third-order valence-corrected chi connectivity index (χ3v) is 3.81. The van der Waals surface area contributed by atoms with Gasteiger partial charge in [-0.3, -0.25) is 9.78 Å². The summed E-state index contributed by atoms with van der Waals surface area (Å²) in [6.07, 6.45) is 3.85. The van der Waals surface area contributed by atoms with Crippen LogP contribution in [0.25, 0.3) is 0 Å². The molecule has 1 aliphatic heterocycles. The van der Waals surface area contributed by atoms with Crippen LogP contribution in [0.4, 0.5) is 8.78 Å². The minimum Gasteiger partial charge on any atom is -0.488 e. The highest BCUT2D eigenvalue weighted by Gasteiger charge is 2.28. The first-order valence-electron chi connectivity index (χ1n) is 7.40. The standard InChI is InChI=1S/C17H16F2N2O2/c18-13-2-1-12(16(19)10-13)9-17(22)21-8-5-15(11-21)23-14-3-6-20-7-4-14/h1-4,6-7,10,15H,5,8-9,11H2/t15-/m0/s1. The van der Waals surface area contributed by atoms with Crippen molar-refractivity contribution in [1.29, 1.82) is 0 Å². The number of carbonyl (C=O) groups is 1. The van der Waals surface area contributed by atoms with Crippen LogP contribution in [0.5, 0.6) is 5.75 Å². The number of benzene rings is 1. The zero-order chi connectivity index (χ0) is 16.2. The van der Waals surface area contributed by atoms with Crippen LogP contribution in [0.15, 0.2) is 42.7 Å². The molecule has 1 aromatic heterocycles. The molecule has 0 radical (unpaired) electrons. The van der Waals surface area contributed by atoms with Crippen LogP contribution >= 0.6 is 0 Å². The smallest absolute Gasteiger partial charge is 0.227 e. The van der Waals surface area contributed by atoms with Gasteiger partial charge in [0.1, 0.15) is 23.5 Å². The molecule has 23 heavy (non-hydrogen) atoms. The van der Waals surface area contributed by atoms with Gasteiger partial charge in [0.15, 0.2) is 0 Å². The first kappa shape index (κ1) is 15.4. The van der Waals surface area contributed by atoms with Gasteiger partial charge < -0.3 is 9.64 Å². The van der Waals surface area contributed by atoms with E-state index in [1.807, 2.05) is 0 Å². The van der Waals surface area contributed by atoms with Crippen molar-refractivity contribution in [2.45, 2.75) is 18.9 Å². The van der Waals surface area contributed by atoms with E-state index in [0.29, 0.717) is 18.8 Å². The molecule has 2 heterocycles. The highest BCUT2D eigenvalue weighted by molar-refractivity contribution is 5.79. The second kappa shape index (κ2) is 6.73. The molecule has 2 aromatic rings. The molecular formula is C17H16F2N2O2. The van der Waals surface area contributed by atoms with E-state index < -0.39 is 11.6 Å². The van der Waals surface area contributed by atoms with Gasteiger partial charge >= 0.3 is 0 Å². The van der Waals surface area contributed by atoms with Crippen molar-refractivity contribution in [3.63, 3.8) is 0 Å². The Kier molecular flexibility index (Phi) is 4.50. The third kappa shape index (κ3) is 3.83. The van der Waals surface area contributed by atoms with Gasteiger partial charge in [0.05, 0.1) is 13.0 Å². The molecule has 3 rings (SSSR count). The quantitative estimate of drug-likeness (QED) is 0.870. The fourth-order valence-electron chi connectivity index (χ4n) is 2.60. The Morgan fingerprint density at radius 3 is 2.78 bits per heavy atom. The predicted molar refractivity (Wildman–Crippen MR) is 79.9 cm³/mol. The molecule has 4 nitrogen and oxygen atoms in total. The Balaban J connectivity index is 1.57. The lowest BCUT2D eigenvalue weighted by molar-refractivity contribution is -0.129. The predicted octanol–water partition coefficient (Wildman–Crippen LogP) is 2.58. The third-order valence-electron chi connectivity index (χ3n) is 3.81. The number of ether oxygens (including phenoxy) is 1. The maximum atomic E-state index is 13.6. The zero-order valence-corrected chi connectivity index (χ0v) is 12.4. The Labute approximate surface area is 132 Å². The number of amides is 1. The molecule has 0 unspecified atom stereocenters. The lowest BCUT2D eigenvalue weighted by Crippen LogP contribution is -2.32. The minimum absolute atomic E-state index is 0.0753. The van der Waals surface area contributed by atoms with Crippen LogP contribution in [-0.4, -0.2) is 35.0 Å². The van der Waals surface area contributed by atoms with Crippen LogP contribution in [0, 0.1) is 11.6 Å². The summed E-state index contributed by atoms with van der Waals surface area (Å²) in [5.41, 5.74) is 0.204. The van der Waals surface area contributed by atoms with E-state index in [1.165, 1.54) is 6.07 Å². The number of aromatic nitrogens is 1. The molecule has 1 saturated heterocycles. The topological polar surface area (TPSA) is 42.4 Å². The number of hydrogen-bond acceptors (Lipinski definition) is 3. The van der Waals surface area contributed by atoms with Crippen molar-refractivity contribution in [2.24, 2.45) is 0 Å². The van der Waals surface area contributed by atoms with Crippen LogP contribution in [0.1, 0.15) is 12.0 Å². The van der Waals surface area contributed by atoms with Crippen LogP contribution in [0.3, 0.4) is 0 Å². The molecular weight excluding hydrogens is 302 g/mol. The normalized spacial score (nSPS) is 17.3. The summed E-state index contributed by atoms with van der Waals surface area (Å²) in [6.45, 7) is 1.03. The van der Waals surface area contributed by atoms with Crippen molar-refractivity contribution in [1.82, 2.24) is 9.88 Å². The summed E-state index contributed by atoms with van der Waals surface area (Å²) < 4.78 is 32.3. The fourth-order valence-corrected chi connectivity index (χ4v) is 2.60. The summed E-state index contributed by atoms with van der Waals surface area (Å²) in [5.74, 6) is -0.812. The van der Waals surface area contributed by atoms with Gasteiger partial charge in [-0.25, -0.2) is 8.78 Å². The van der Waals surface area contributed by atoms with Gasteiger partial charge in [-0.05, 0) is 23.8 Å². The molecule has 0 bridgehead atoms. The van der Waals surface area contributed by atoms with Gasteiger partial charge in [0, 0.05) is 31.4 Å². The van der Waals surface area contributed by atoms with Crippen LogP contribution in [-0.2, 0) is 11.2 Å². The van der Waals surface area contributed by atoms with Gasteiger partial charge in [0.25, 0.3) is 0 Å². The minimum atomic E-state index is -0.692. The molecule has 1 fully saturated rings. The van der Waals surface area contributed by atoms with E-state index in [9.17, 15) is 13.6 Å². The summed E-state index contributed by atoms with van der Waals surface area (Å²) in [4.78, 5) is 17.8. The van der Waals surface area contributed by atoms with Crippen molar-refractivity contribution >= 4 is 5.91 Å². The molecule has 6 heteroatoms. The van der Waals surface area contributed by atoms with Crippen molar-refractivity contribution in [3.8, 4) is 5.75 Å². The summed E-state index contributed by atoms with van der Waals surface area (Å²) in [6, 6.07) is 6.79. The van der Waals surface area contributed by atoms with E-state index in [4.69, 9.17) is 4.74 Å². The number of rotatable bonds is 4. The number of pyridine rings is 1. The van der Waals surface area contributed by atoms with E-state index in [0.717, 1.165) is 18.6 Å². The molecule has 0 aliphatic carbocycles. The van der Waals surface area contributed by atoms with Crippen molar-refractivity contribution in [2.75, 3.05) is 13.1 Å². The van der Waals surface area contributed by atoms with E-state index in [-0.39, 0.29) is 24.0 Å². The van der Waals surface area contributed by atoms with Gasteiger partial charge in [-0.15, -0.1) is 0 Å². The van der Waals surface area contributed by atoms with E-state index in [1.54, 1.807) is 29.4 Å². The number of hydrogen-bond donors (Lipinski definition) is 0. The second-order valence-corrected chi connectivity index (χ2v) is 5.46. The van der Waals surface area contributed by atoms with Crippen molar-refractivity contribution < 1.29 is 18.3 Å². The molecule has 1 aliphatic rings. The highest BCUT2D eigenvalue weighted by Crippen LogP contribution is 2.19. The lowest BCUT2D eigenvalue weighted by Gasteiger charge is -2.17. The fraction of sp³-hybridized carbons (Fsp3) is 0.294. The van der Waals surface area contributed by atoms with E-state index in [2.05, 4.69) is 4.98 Å². The monoisotopic (exact) mass is 318 g/mol. The largest absolute Gasteiger partial charge is 0.488 e. The Morgan fingerprint density at radius 2 is 2.04 bits per heavy atom.